The summed E-state index contributed by atoms with van der Waals surface area (Å²) in [5, 5.41) is 12.9. The summed E-state index contributed by atoms with van der Waals surface area (Å²) in [6.45, 7) is 0. The van der Waals surface area contributed by atoms with Gasteiger partial charge in [-0.15, -0.1) is 0 Å². The molecular formula is C44H28. The Kier molecular flexibility index (Phi) is 5.61. The van der Waals surface area contributed by atoms with Gasteiger partial charge in [0, 0.05) is 0 Å². The van der Waals surface area contributed by atoms with Crippen LogP contribution in [0.3, 0.4) is 0 Å². The van der Waals surface area contributed by atoms with E-state index < -0.39 is 0 Å². The van der Waals surface area contributed by atoms with Crippen LogP contribution in [0.15, 0.2) is 170 Å². The Labute approximate surface area is 256 Å². The van der Waals surface area contributed by atoms with Gasteiger partial charge in [0.15, 0.2) is 0 Å². The van der Waals surface area contributed by atoms with Gasteiger partial charge in [-0.3, -0.25) is 0 Å². The molecule has 0 bridgehead atoms. The highest BCUT2D eigenvalue weighted by Gasteiger charge is 2.20. The molecule has 0 spiro atoms. The van der Waals surface area contributed by atoms with Crippen LogP contribution in [0.25, 0.3) is 87.2 Å². The zero-order valence-corrected chi connectivity index (χ0v) is 24.2. The van der Waals surface area contributed by atoms with Crippen LogP contribution in [-0.4, -0.2) is 0 Å². The fraction of sp³-hybridized carbons (Fsp3) is 0. The van der Waals surface area contributed by atoms with E-state index in [0.717, 1.165) is 0 Å². The van der Waals surface area contributed by atoms with Crippen LogP contribution in [-0.2, 0) is 0 Å². The number of hydrogen-bond acceptors (Lipinski definition) is 0. The number of benzene rings is 9. The van der Waals surface area contributed by atoms with Crippen molar-refractivity contribution in [3.8, 4) is 33.4 Å². The van der Waals surface area contributed by atoms with Gasteiger partial charge in [-0.25, -0.2) is 0 Å². The molecule has 0 saturated heterocycles. The van der Waals surface area contributed by atoms with E-state index in [9.17, 15) is 0 Å². The maximum atomic E-state index is 2.32. The van der Waals surface area contributed by atoms with Crippen LogP contribution in [0.1, 0.15) is 0 Å². The summed E-state index contributed by atoms with van der Waals surface area (Å²) >= 11 is 0. The van der Waals surface area contributed by atoms with Gasteiger partial charge >= 0.3 is 0 Å². The van der Waals surface area contributed by atoms with Crippen molar-refractivity contribution in [3.63, 3.8) is 0 Å². The third kappa shape index (κ3) is 3.71. The van der Waals surface area contributed by atoms with E-state index in [1.165, 1.54) is 87.2 Å². The van der Waals surface area contributed by atoms with E-state index >= 15 is 0 Å². The van der Waals surface area contributed by atoms with Gasteiger partial charge in [0.25, 0.3) is 0 Å². The minimum absolute atomic E-state index is 1.22. The second-order valence-corrected chi connectivity index (χ2v) is 11.6. The van der Waals surface area contributed by atoms with Crippen molar-refractivity contribution in [3.05, 3.63) is 170 Å². The fourth-order valence-electron chi connectivity index (χ4n) is 7.36. The van der Waals surface area contributed by atoms with Crippen molar-refractivity contribution in [2.24, 2.45) is 0 Å². The summed E-state index contributed by atoms with van der Waals surface area (Å²) in [7, 11) is 0. The maximum absolute atomic E-state index is 2.32. The van der Waals surface area contributed by atoms with Crippen molar-refractivity contribution >= 4 is 53.9 Å². The van der Waals surface area contributed by atoms with Crippen molar-refractivity contribution in [2.45, 2.75) is 0 Å². The van der Waals surface area contributed by atoms with Gasteiger partial charge in [0.05, 0.1) is 0 Å². The van der Waals surface area contributed by atoms with Crippen LogP contribution < -0.4 is 0 Å². The zero-order chi connectivity index (χ0) is 29.0. The molecule has 0 heteroatoms. The predicted molar refractivity (Wildman–Crippen MR) is 190 cm³/mol. The van der Waals surface area contributed by atoms with Crippen LogP contribution in [0.5, 0.6) is 0 Å². The summed E-state index contributed by atoms with van der Waals surface area (Å²) in [6.07, 6.45) is 0. The molecule has 0 aliphatic heterocycles. The lowest BCUT2D eigenvalue weighted by atomic mass is 9.82. The first kappa shape index (κ1) is 24.8. The van der Waals surface area contributed by atoms with Gasteiger partial charge in [0.1, 0.15) is 0 Å². The third-order valence-corrected chi connectivity index (χ3v) is 9.26. The van der Waals surface area contributed by atoms with E-state index in [1.54, 1.807) is 0 Å². The van der Waals surface area contributed by atoms with Crippen LogP contribution in [0.4, 0.5) is 0 Å². The number of fused-ring (bicyclic) bond motifs is 9. The van der Waals surface area contributed by atoms with Crippen LogP contribution in [0, 0.1) is 0 Å². The average molecular weight is 557 g/mol. The topological polar surface area (TPSA) is 0 Å². The molecule has 0 heterocycles. The molecule has 0 radical (unpaired) electrons. The fourth-order valence-corrected chi connectivity index (χ4v) is 7.36. The van der Waals surface area contributed by atoms with E-state index in [1.807, 2.05) is 0 Å². The van der Waals surface area contributed by atoms with Crippen molar-refractivity contribution in [2.75, 3.05) is 0 Å². The molecular weight excluding hydrogens is 528 g/mol. The van der Waals surface area contributed by atoms with E-state index in [4.69, 9.17) is 0 Å². The first-order valence-corrected chi connectivity index (χ1v) is 15.3. The number of hydrogen-bond donors (Lipinski definition) is 0. The van der Waals surface area contributed by atoms with Crippen LogP contribution in [0.2, 0.25) is 0 Å². The standard InChI is InChI=1S/C44H28/c1-2-13-29(14-3-1)32-21-10-25-41(43(32)40-23-11-22-33-31-16-5-4-15-30(31)27-28-37(33)40)42-26-12-24-39-36-18-7-6-17-34(36)35-19-8-9-20-38(35)44(39)42/h1-28H. The minimum atomic E-state index is 1.22. The molecule has 0 aromatic heterocycles. The van der Waals surface area contributed by atoms with Crippen molar-refractivity contribution in [1.29, 1.82) is 0 Å². The van der Waals surface area contributed by atoms with Gasteiger partial charge in [-0.05, 0) is 87.2 Å². The largest absolute Gasteiger partial charge is 0.0622 e. The molecule has 9 aromatic rings. The minimum Gasteiger partial charge on any atom is -0.0622 e. The highest BCUT2D eigenvalue weighted by molar-refractivity contribution is 6.29. The maximum Gasteiger partial charge on any atom is -0.00201 e. The predicted octanol–water partition coefficient (Wildman–Crippen LogP) is 12.5. The van der Waals surface area contributed by atoms with Gasteiger partial charge < -0.3 is 0 Å². The SMILES string of the molecule is c1ccc(-c2cccc(-c3cccc4c5ccccc5c5ccccc5c34)c2-c2cccc3c2ccc2ccccc23)cc1. The molecule has 0 fully saturated rings. The Morgan fingerprint density at radius 2 is 0.705 bits per heavy atom. The second-order valence-electron chi connectivity index (χ2n) is 11.6. The summed E-state index contributed by atoms with van der Waals surface area (Å²) in [5.74, 6) is 0. The molecule has 44 heavy (non-hydrogen) atoms. The number of rotatable bonds is 3. The highest BCUT2D eigenvalue weighted by atomic mass is 14.2. The van der Waals surface area contributed by atoms with E-state index in [-0.39, 0.29) is 0 Å². The lowest BCUT2D eigenvalue weighted by Crippen LogP contribution is -1.93. The van der Waals surface area contributed by atoms with Crippen molar-refractivity contribution < 1.29 is 0 Å². The van der Waals surface area contributed by atoms with Crippen LogP contribution >= 0.6 is 0 Å². The van der Waals surface area contributed by atoms with Gasteiger partial charge in [-0.2, -0.15) is 0 Å². The summed E-state index contributed by atoms with van der Waals surface area (Å²) in [4.78, 5) is 0. The molecule has 0 N–H and O–H groups in total. The Morgan fingerprint density at radius 1 is 0.227 bits per heavy atom. The molecule has 204 valence electrons. The molecule has 0 aliphatic carbocycles. The van der Waals surface area contributed by atoms with E-state index in [2.05, 4.69) is 170 Å². The third-order valence-electron chi connectivity index (χ3n) is 9.26. The monoisotopic (exact) mass is 556 g/mol. The van der Waals surface area contributed by atoms with Gasteiger partial charge in [0.2, 0.25) is 0 Å². The Balaban J connectivity index is 1.46. The quantitative estimate of drug-likeness (QED) is 0.190. The summed E-state index contributed by atoms with van der Waals surface area (Å²) < 4.78 is 0. The molecule has 0 nitrogen and oxygen atoms in total. The smallest absolute Gasteiger partial charge is 0.00201 e. The first-order chi connectivity index (χ1) is 21.9. The second kappa shape index (κ2) is 9.93. The summed E-state index contributed by atoms with van der Waals surface area (Å²) in [6, 6.07) is 62.3. The Bertz CT molecular complexity index is 2490. The van der Waals surface area contributed by atoms with Crippen molar-refractivity contribution in [1.82, 2.24) is 0 Å². The average Bonchev–Trinajstić information content (AvgIpc) is 3.11. The molecule has 9 rings (SSSR count). The Morgan fingerprint density at radius 3 is 1.45 bits per heavy atom. The molecule has 0 amide bonds. The molecule has 9 aromatic carbocycles. The lowest BCUT2D eigenvalue weighted by molar-refractivity contribution is 1.59. The first-order valence-electron chi connectivity index (χ1n) is 15.3. The molecule has 0 aliphatic rings. The summed E-state index contributed by atoms with van der Waals surface area (Å²) in [5.41, 5.74) is 7.49. The molecule has 0 atom stereocenters. The highest BCUT2D eigenvalue weighted by Crippen LogP contribution is 2.47. The molecule has 0 unspecified atom stereocenters. The lowest BCUT2D eigenvalue weighted by Gasteiger charge is -2.20. The van der Waals surface area contributed by atoms with E-state index in [0.29, 0.717) is 0 Å². The Hall–Kier alpha value is -5.72. The normalized spacial score (nSPS) is 11.6. The zero-order valence-electron chi connectivity index (χ0n) is 24.2. The van der Waals surface area contributed by atoms with Gasteiger partial charge in [-0.1, -0.05) is 170 Å². The molecule has 0 saturated carbocycles.